The molecule has 0 fully saturated rings. The maximum atomic E-state index is 13.0. The number of benzene rings is 4. The lowest BCUT2D eigenvalue weighted by molar-refractivity contribution is -0.384. The molecule has 47 heavy (non-hydrogen) atoms. The van der Waals surface area contributed by atoms with E-state index in [0.29, 0.717) is 30.8 Å². The van der Waals surface area contributed by atoms with Crippen molar-refractivity contribution in [2.24, 2.45) is 0 Å². The molecule has 0 bridgehead atoms. The van der Waals surface area contributed by atoms with Crippen LogP contribution in [0.3, 0.4) is 0 Å². The number of hydrogen-bond acceptors (Lipinski definition) is 9. The zero-order valence-electron chi connectivity index (χ0n) is 25.3. The smallest absolute Gasteiger partial charge is 0.293 e. The summed E-state index contributed by atoms with van der Waals surface area (Å²) >= 11 is 1.56. The molecule has 0 aliphatic heterocycles. The minimum atomic E-state index is -4.47. The van der Waals surface area contributed by atoms with Crippen LogP contribution in [0.4, 0.5) is 17.1 Å². The Balaban J connectivity index is 1.36. The van der Waals surface area contributed by atoms with E-state index in [1.807, 2.05) is 65.4 Å². The summed E-state index contributed by atoms with van der Waals surface area (Å²) in [6, 6.07) is 27.2. The van der Waals surface area contributed by atoms with Gasteiger partial charge in [-0.25, -0.2) is 13.1 Å². The molecular formula is C33H33N5O7S2. The highest BCUT2D eigenvalue weighted by Gasteiger charge is 2.24. The zero-order chi connectivity index (χ0) is 33.8. The Bertz CT molecular complexity index is 1820. The number of nitrogens with one attached hydrogen (secondary N) is 4. The van der Waals surface area contributed by atoms with Gasteiger partial charge in [0.25, 0.3) is 21.6 Å². The van der Waals surface area contributed by atoms with E-state index in [9.17, 15) is 32.9 Å². The van der Waals surface area contributed by atoms with E-state index in [1.165, 1.54) is 43.3 Å². The number of aryl methyl sites for hydroxylation is 1. The van der Waals surface area contributed by atoms with Gasteiger partial charge in [-0.2, -0.15) is 0 Å². The first kappa shape index (κ1) is 34.7. The fourth-order valence-electron chi connectivity index (χ4n) is 4.49. The highest BCUT2D eigenvalue weighted by Crippen LogP contribution is 2.28. The topological polar surface area (TPSA) is 177 Å². The van der Waals surface area contributed by atoms with Crippen LogP contribution in [0.15, 0.2) is 113 Å². The first-order chi connectivity index (χ1) is 22.5. The van der Waals surface area contributed by atoms with Crippen LogP contribution in [-0.4, -0.2) is 49.4 Å². The molecular weight excluding hydrogens is 643 g/mol. The van der Waals surface area contributed by atoms with Gasteiger partial charge in [-0.3, -0.25) is 24.5 Å². The van der Waals surface area contributed by atoms with Gasteiger partial charge in [0.05, 0.1) is 9.82 Å². The average molecular weight is 676 g/mol. The lowest BCUT2D eigenvalue weighted by atomic mass is 10.0. The first-order valence-corrected chi connectivity index (χ1v) is 17.0. The quantitative estimate of drug-likeness (QED) is 0.0585. The van der Waals surface area contributed by atoms with Crippen LogP contribution >= 0.6 is 11.8 Å². The third-order valence-corrected chi connectivity index (χ3v) is 9.15. The van der Waals surface area contributed by atoms with Crippen LogP contribution in [-0.2, 0) is 26.0 Å². The Morgan fingerprint density at radius 2 is 1.55 bits per heavy atom. The van der Waals surface area contributed by atoms with Gasteiger partial charge < -0.3 is 16.0 Å². The molecule has 1 atom stereocenters. The fourth-order valence-corrected chi connectivity index (χ4v) is 6.28. The Labute approximate surface area is 276 Å². The number of carbonyl (C=O) groups excluding carboxylic acids is 3. The Morgan fingerprint density at radius 1 is 0.894 bits per heavy atom. The van der Waals surface area contributed by atoms with E-state index in [4.69, 9.17) is 0 Å². The first-order valence-electron chi connectivity index (χ1n) is 14.5. The monoisotopic (exact) mass is 675 g/mol. The van der Waals surface area contributed by atoms with Crippen molar-refractivity contribution in [2.75, 3.05) is 22.9 Å². The van der Waals surface area contributed by atoms with Crippen molar-refractivity contribution in [2.45, 2.75) is 35.6 Å². The number of amides is 3. The fraction of sp³-hybridized carbons (Fsp3) is 0.182. The Kier molecular flexibility index (Phi) is 12.1. The van der Waals surface area contributed by atoms with Crippen LogP contribution in [0.2, 0.25) is 0 Å². The summed E-state index contributed by atoms with van der Waals surface area (Å²) in [7, 11) is -4.47. The lowest BCUT2D eigenvalue weighted by Crippen LogP contribution is -2.43. The number of carbonyl (C=O) groups is 3. The van der Waals surface area contributed by atoms with Crippen LogP contribution in [0.25, 0.3) is 0 Å². The van der Waals surface area contributed by atoms with Crippen molar-refractivity contribution >= 4 is 56.6 Å². The third kappa shape index (κ3) is 10.4. The summed E-state index contributed by atoms with van der Waals surface area (Å²) < 4.78 is 27.9. The van der Waals surface area contributed by atoms with Gasteiger partial charge in [0.2, 0.25) is 11.8 Å². The normalized spacial score (nSPS) is 11.6. The van der Waals surface area contributed by atoms with E-state index in [0.717, 1.165) is 16.5 Å². The molecule has 4 rings (SSSR count). The van der Waals surface area contributed by atoms with Crippen molar-refractivity contribution in [1.82, 2.24) is 10.0 Å². The lowest BCUT2D eigenvalue weighted by Gasteiger charge is -2.18. The average Bonchev–Trinajstić information content (AvgIpc) is 3.05. The van der Waals surface area contributed by atoms with E-state index < -0.39 is 43.4 Å². The highest BCUT2D eigenvalue weighted by molar-refractivity contribution is 7.99. The third-order valence-electron chi connectivity index (χ3n) is 6.81. The van der Waals surface area contributed by atoms with Gasteiger partial charge in [-0.05, 0) is 66.9 Å². The van der Waals surface area contributed by atoms with Gasteiger partial charge in [0.1, 0.15) is 11.7 Å². The molecule has 14 heteroatoms. The molecule has 0 spiro atoms. The van der Waals surface area contributed by atoms with Gasteiger partial charge >= 0.3 is 0 Å². The number of sulfonamides is 1. The van der Waals surface area contributed by atoms with Crippen LogP contribution in [0, 0.1) is 10.1 Å². The van der Waals surface area contributed by atoms with Crippen LogP contribution in [0.5, 0.6) is 0 Å². The molecule has 244 valence electrons. The molecule has 0 radical (unpaired) electrons. The zero-order valence-corrected chi connectivity index (χ0v) is 27.0. The minimum Gasteiger partial charge on any atom is -0.379 e. The summed E-state index contributed by atoms with van der Waals surface area (Å²) in [6.45, 7) is 1.71. The van der Waals surface area contributed by atoms with Gasteiger partial charge in [-0.15, -0.1) is 11.8 Å². The summed E-state index contributed by atoms with van der Waals surface area (Å²) in [4.78, 5) is 49.1. The SMILES string of the molecule is CC(=O)N[C@H](CCc1ccccc1)C(=O)Nc1ccc(C(=O)NS(=O)(=O)c2ccc(NCCSc3ccccc3)c([N+](=O)[O-])c2)cc1. The predicted molar refractivity (Wildman–Crippen MR) is 181 cm³/mol. The highest BCUT2D eigenvalue weighted by atomic mass is 32.2. The summed E-state index contributed by atoms with van der Waals surface area (Å²) in [5.41, 5.74) is 0.999. The molecule has 12 nitrogen and oxygen atoms in total. The van der Waals surface area contributed by atoms with Crippen molar-refractivity contribution in [3.05, 3.63) is 124 Å². The number of hydrogen-bond donors (Lipinski definition) is 4. The van der Waals surface area contributed by atoms with Crippen molar-refractivity contribution in [3.63, 3.8) is 0 Å². The Hall–Kier alpha value is -5.21. The molecule has 0 aliphatic rings. The summed E-state index contributed by atoms with van der Waals surface area (Å²) in [5.74, 6) is -1.17. The van der Waals surface area contributed by atoms with Crippen molar-refractivity contribution in [1.29, 1.82) is 0 Å². The molecule has 0 aromatic heterocycles. The van der Waals surface area contributed by atoms with Gasteiger partial charge in [0.15, 0.2) is 0 Å². The molecule has 4 aromatic rings. The van der Waals surface area contributed by atoms with Crippen molar-refractivity contribution < 1.29 is 27.7 Å². The molecule has 0 unspecified atom stereocenters. The number of nitro benzene ring substituents is 1. The van der Waals surface area contributed by atoms with Crippen molar-refractivity contribution in [3.8, 4) is 0 Å². The molecule has 3 amide bonds. The molecule has 0 aliphatic carbocycles. The second kappa shape index (κ2) is 16.4. The molecule has 0 saturated heterocycles. The molecule has 0 saturated carbocycles. The molecule has 4 N–H and O–H groups in total. The molecule has 4 aromatic carbocycles. The van der Waals surface area contributed by atoms with E-state index >= 15 is 0 Å². The van der Waals surface area contributed by atoms with E-state index in [1.54, 1.807) is 11.8 Å². The summed E-state index contributed by atoms with van der Waals surface area (Å²) in [6.07, 6.45) is 0.916. The number of nitrogens with zero attached hydrogens (tertiary/aromatic N) is 1. The van der Waals surface area contributed by atoms with E-state index in [-0.39, 0.29) is 17.2 Å². The summed E-state index contributed by atoms with van der Waals surface area (Å²) in [5, 5.41) is 20.0. The second-order valence-corrected chi connectivity index (χ2v) is 13.2. The number of nitro groups is 1. The predicted octanol–water partition coefficient (Wildman–Crippen LogP) is 4.99. The standard InChI is InChI=1S/C33H33N5O7S2/c1-23(39)35-30(18-12-24-8-4-2-5-9-24)33(41)36-26-15-13-25(14-16-26)32(40)37-47(44,45)28-17-19-29(31(22-28)38(42)43)34-20-21-46-27-10-6-3-7-11-27/h2-11,13-17,19,22,30,34H,12,18,20-21H2,1H3,(H,35,39)(H,36,41)(H,37,40)/t30-/m1/s1. The number of rotatable bonds is 15. The second-order valence-electron chi connectivity index (χ2n) is 10.3. The van der Waals surface area contributed by atoms with Gasteiger partial charge in [-0.1, -0.05) is 48.5 Å². The van der Waals surface area contributed by atoms with Crippen LogP contribution in [0.1, 0.15) is 29.3 Å². The van der Waals surface area contributed by atoms with Crippen LogP contribution < -0.4 is 20.7 Å². The van der Waals surface area contributed by atoms with E-state index in [2.05, 4.69) is 16.0 Å². The Morgan fingerprint density at radius 3 is 2.19 bits per heavy atom. The number of anilines is 2. The molecule has 0 heterocycles. The minimum absolute atomic E-state index is 0.0298. The largest absolute Gasteiger partial charge is 0.379 e. The number of thioether (sulfide) groups is 1. The maximum absolute atomic E-state index is 13.0. The maximum Gasteiger partial charge on any atom is 0.293 e. The van der Waals surface area contributed by atoms with Gasteiger partial charge in [0, 0.05) is 41.4 Å².